The second-order valence-electron chi connectivity index (χ2n) is 4.42. The largest absolute Gasteiger partial charge is 0.356 e. The summed E-state index contributed by atoms with van der Waals surface area (Å²) in [5, 5.41) is 9.88. The maximum Gasteiger partial charge on any atom is 0.191 e. The predicted molar refractivity (Wildman–Crippen MR) is 87.8 cm³/mol. The summed E-state index contributed by atoms with van der Waals surface area (Å²) in [4.78, 5) is 11.3. The number of guanidine groups is 1. The minimum atomic E-state index is 0.816. The van der Waals surface area contributed by atoms with Crippen LogP contribution in [0.3, 0.4) is 0 Å². The maximum atomic E-state index is 4.45. The third kappa shape index (κ3) is 4.31. The van der Waals surface area contributed by atoms with Gasteiger partial charge in [-0.1, -0.05) is 6.07 Å². The van der Waals surface area contributed by atoms with Gasteiger partial charge in [0.1, 0.15) is 0 Å². The average Bonchev–Trinajstić information content (AvgIpc) is 3.04. The highest BCUT2D eigenvalue weighted by Gasteiger charge is 2.05. The van der Waals surface area contributed by atoms with Gasteiger partial charge < -0.3 is 10.6 Å². The molecule has 0 spiro atoms. The summed E-state index contributed by atoms with van der Waals surface area (Å²) in [6, 6.07) is 4.18. The van der Waals surface area contributed by atoms with Crippen molar-refractivity contribution in [3.63, 3.8) is 0 Å². The van der Waals surface area contributed by atoms with Gasteiger partial charge in [-0.2, -0.15) is 0 Å². The fourth-order valence-corrected chi connectivity index (χ4v) is 3.49. The Morgan fingerprint density at radius 1 is 1.35 bits per heavy atom. The molecule has 0 saturated heterocycles. The minimum Gasteiger partial charge on any atom is -0.356 e. The van der Waals surface area contributed by atoms with Crippen molar-refractivity contribution in [2.75, 3.05) is 13.6 Å². The van der Waals surface area contributed by atoms with Gasteiger partial charge in [0.05, 0.1) is 17.2 Å². The van der Waals surface area contributed by atoms with Crippen LogP contribution < -0.4 is 10.6 Å². The Morgan fingerprint density at radius 3 is 2.80 bits per heavy atom. The molecule has 0 amide bonds. The topological polar surface area (TPSA) is 49.3 Å². The van der Waals surface area contributed by atoms with E-state index in [9.17, 15) is 0 Å². The molecule has 2 N–H and O–H groups in total. The van der Waals surface area contributed by atoms with Crippen LogP contribution in [0.15, 0.2) is 22.5 Å². The first-order valence-electron chi connectivity index (χ1n) is 6.59. The van der Waals surface area contributed by atoms with Crippen LogP contribution in [0.1, 0.15) is 20.5 Å². The highest BCUT2D eigenvalue weighted by Crippen LogP contribution is 2.17. The van der Waals surface area contributed by atoms with Gasteiger partial charge in [0.15, 0.2) is 5.96 Å². The quantitative estimate of drug-likeness (QED) is 0.659. The Morgan fingerprint density at radius 2 is 2.20 bits per heavy atom. The number of aryl methyl sites for hydroxylation is 2. The van der Waals surface area contributed by atoms with E-state index in [4.69, 9.17) is 0 Å². The molecule has 20 heavy (non-hydrogen) atoms. The van der Waals surface area contributed by atoms with E-state index in [2.05, 4.69) is 52.0 Å². The zero-order valence-corrected chi connectivity index (χ0v) is 13.7. The van der Waals surface area contributed by atoms with Crippen LogP contribution in [0.25, 0.3) is 0 Å². The number of nitrogens with zero attached hydrogens (tertiary/aromatic N) is 2. The highest BCUT2D eigenvalue weighted by molar-refractivity contribution is 7.11. The summed E-state index contributed by atoms with van der Waals surface area (Å²) in [5.41, 5.74) is 1.15. The number of thiophene rings is 1. The molecule has 2 aromatic heterocycles. The number of nitrogens with one attached hydrogen (secondary N) is 2. The van der Waals surface area contributed by atoms with Crippen molar-refractivity contribution in [1.29, 1.82) is 0 Å². The van der Waals surface area contributed by atoms with E-state index in [-0.39, 0.29) is 0 Å². The lowest BCUT2D eigenvalue weighted by molar-refractivity contribution is 0.801. The van der Waals surface area contributed by atoms with E-state index in [1.165, 1.54) is 9.75 Å². The van der Waals surface area contributed by atoms with E-state index >= 15 is 0 Å². The fraction of sp³-hybridized carbons (Fsp3) is 0.429. The normalized spacial score (nSPS) is 11.7. The Labute approximate surface area is 128 Å². The van der Waals surface area contributed by atoms with E-state index in [0.29, 0.717) is 0 Å². The maximum absolute atomic E-state index is 4.45. The summed E-state index contributed by atoms with van der Waals surface area (Å²) in [6.07, 6.45) is 0.983. The van der Waals surface area contributed by atoms with Crippen LogP contribution in [-0.4, -0.2) is 24.5 Å². The number of hydrogen-bond acceptors (Lipinski definition) is 4. The fourth-order valence-electron chi connectivity index (χ4n) is 1.90. The second kappa shape index (κ2) is 7.40. The van der Waals surface area contributed by atoms with Crippen molar-refractivity contribution in [3.8, 4) is 0 Å². The molecule has 0 atom stereocenters. The van der Waals surface area contributed by atoms with Gasteiger partial charge in [0, 0.05) is 29.8 Å². The Balaban J connectivity index is 1.75. The number of aliphatic imine (C=N–C) groups is 1. The first kappa shape index (κ1) is 15.0. The van der Waals surface area contributed by atoms with Crippen LogP contribution in [-0.2, 0) is 13.0 Å². The minimum absolute atomic E-state index is 0.816. The molecule has 2 heterocycles. The van der Waals surface area contributed by atoms with Gasteiger partial charge in [0.2, 0.25) is 0 Å². The van der Waals surface area contributed by atoms with Crippen molar-refractivity contribution >= 4 is 28.6 Å². The van der Waals surface area contributed by atoms with Crippen LogP contribution in [0.4, 0.5) is 0 Å². The smallest absolute Gasteiger partial charge is 0.191 e. The SMILES string of the molecule is CN=C(NCCc1sc(C)nc1C)NCc1cccs1. The molecule has 4 nitrogen and oxygen atoms in total. The molecule has 6 heteroatoms. The Hall–Kier alpha value is -1.40. The summed E-state index contributed by atoms with van der Waals surface area (Å²) in [6.45, 7) is 5.81. The van der Waals surface area contributed by atoms with Crippen LogP contribution in [0.2, 0.25) is 0 Å². The summed E-state index contributed by atoms with van der Waals surface area (Å²) >= 11 is 3.52. The Kier molecular flexibility index (Phi) is 5.55. The molecule has 0 aliphatic rings. The highest BCUT2D eigenvalue weighted by atomic mass is 32.1. The zero-order valence-electron chi connectivity index (χ0n) is 12.1. The molecule has 108 valence electrons. The molecule has 0 aliphatic heterocycles. The number of aromatic nitrogens is 1. The summed E-state index contributed by atoms with van der Waals surface area (Å²) in [5.74, 6) is 0.845. The summed E-state index contributed by atoms with van der Waals surface area (Å²) < 4.78 is 0. The first-order valence-corrected chi connectivity index (χ1v) is 8.28. The van der Waals surface area contributed by atoms with Gasteiger partial charge in [-0.15, -0.1) is 22.7 Å². The predicted octanol–water partition coefficient (Wildman–Crippen LogP) is 2.73. The number of thiazole rings is 1. The van der Waals surface area contributed by atoms with Gasteiger partial charge in [0.25, 0.3) is 0 Å². The molecule has 0 aromatic carbocycles. The second-order valence-corrected chi connectivity index (χ2v) is 6.74. The van der Waals surface area contributed by atoms with Gasteiger partial charge in [-0.3, -0.25) is 4.99 Å². The van der Waals surface area contributed by atoms with Crippen molar-refractivity contribution < 1.29 is 0 Å². The average molecular weight is 308 g/mol. The first-order chi connectivity index (χ1) is 9.69. The van der Waals surface area contributed by atoms with Gasteiger partial charge in [-0.05, 0) is 25.3 Å². The van der Waals surface area contributed by atoms with Crippen LogP contribution in [0, 0.1) is 13.8 Å². The lowest BCUT2D eigenvalue weighted by Gasteiger charge is -2.10. The monoisotopic (exact) mass is 308 g/mol. The third-order valence-corrected chi connectivity index (χ3v) is 4.89. The lowest BCUT2D eigenvalue weighted by Crippen LogP contribution is -2.37. The molecule has 0 saturated carbocycles. The standard InChI is InChI=1S/C14H20N4S2/c1-10-13(20-11(2)18-10)6-7-16-14(15-3)17-9-12-5-4-8-19-12/h4-5,8H,6-7,9H2,1-3H3,(H2,15,16,17). The van der Waals surface area contributed by atoms with E-state index in [0.717, 1.165) is 36.2 Å². The summed E-state index contributed by atoms with van der Waals surface area (Å²) in [7, 11) is 1.80. The molecule has 0 aliphatic carbocycles. The number of hydrogen-bond donors (Lipinski definition) is 2. The van der Waals surface area contributed by atoms with Crippen LogP contribution >= 0.6 is 22.7 Å². The van der Waals surface area contributed by atoms with E-state index in [1.807, 2.05) is 0 Å². The van der Waals surface area contributed by atoms with Crippen molar-refractivity contribution in [1.82, 2.24) is 15.6 Å². The van der Waals surface area contributed by atoms with Gasteiger partial charge in [-0.25, -0.2) is 4.98 Å². The van der Waals surface area contributed by atoms with E-state index < -0.39 is 0 Å². The molecule has 0 radical (unpaired) electrons. The lowest BCUT2D eigenvalue weighted by atomic mass is 10.3. The Bertz CT molecular complexity index is 558. The molecular weight excluding hydrogens is 288 g/mol. The van der Waals surface area contributed by atoms with E-state index in [1.54, 1.807) is 29.7 Å². The molecule has 0 fully saturated rings. The van der Waals surface area contributed by atoms with Crippen molar-refractivity contribution in [2.45, 2.75) is 26.8 Å². The molecule has 2 rings (SSSR count). The molecular formula is C14H20N4S2. The number of rotatable bonds is 5. The molecule has 2 aromatic rings. The van der Waals surface area contributed by atoms with Crippen molar-refractivity contribution in [3.05, 3.63) is 38.0 Å². The van der Waals surface area contributed by atoms with Crippen molar-refractivity contribution in [2.24, 2.45) is 4.99 Å². The van der Waals surface area contributed by atoms with Crippen LogP contribution in [0.5, 0.6) is 0 Å². The zero-order chi connectivity index (χ0) is 14.4. The van der Waals surface area contributed by atoms with Gasteiger partial charge >= 0.3 is 0 Å². The molecule has 0 bridgehead atoms. The molecule has 0 unspecified atom stereocenters. The third-order valence-electron chi connectivity index (χ3n) is 2.88.